The third-order valence-corrected chi connectivity index (χ3v) is 5.70. The van der Waals surface area contributed by atoms with Crippen LogP contribution in [0, 0.1) is 11.3 Å². The molecule has 0 spiro atoms. The van der Waals surface area contributed by atoms with E-state index in [1.165, 1.54) is 11.6 Å². The molecule has 0 amide bonds. The number of aromatic amines is 1. The first-order valence-corrected chi connectivity index (χ1v) is 9.75. The molecule has 29 heavy (non-hydrogen) atoms. The van der Waals surface area contributed by atoms with E-state index in [9.17, 15) is 9.59 Å². The summed E-state index contributed by atoms with van der Waals surface area (Å²) in [7, 11) is 1.54. The van der Waals surface area contributed by atoms with Crippen molar-refractivity contribution in [3.05, 3.63) is 67.3 Å². The van der Waals surface area contributed by atoms with Crippen molar-refractivity contribution in [2.24, 2.45) is 7.05 Å². The monoisotopic (exact) mass is 409 g/mol. The lowest BCUT2D eigenvalue weighted by atomic mass is 10.1. The van der Waals surface area contributed by atoms with E-state index in [0.29, 0.717) is 16.3 Å². The first-order chi connectivity index (χ1) is 13.9. The molecule has 1 unspecified atom stereocenters. The minimum atomic E-state index is -0.419. The summed E-state index contributed by atoms with van der Waals surface area (Å²) in [5, 5.41) is 13.6. The smallest absolute Gasteiger partial charge is 0.274 e. The number of anilines is 2. The van der Waals surface area contributed by atoms with Gasteiger partial charge in [0.1, 0.15) is 17.5 Å². The molecule has 3 aromatic rings. The van der Waals surface area contributed by atoms with Gasteiger partial charge in [-0.15, -0.1) is 0 Å². The van der Waals surface area contributed by atoms with Crippen LogP contribution >= 0.6 is 11.6 Å². The molecule has 0 aliphatic carbocycles. The zero-order chi connectivity index (χ0) is 20.7. The predicted octanol–water partition coefficient (Wildman–Crippen LogP) is 3.14. The summed E-state index contributed by atoms with van der Waals surface area (Å²) >= 11 is 6.46. The molecule has 0 bridgehead atoms. The van der Waals surface area contributed by atoms with Crippen LogP contribution in [-0.4, -0.2) is 22.6 Å². The van der Waals surface area contributed by atoms with Crippen molar-refractivity contribution in [2.75, 3.05) is 23.3 Å². The molecule has 1 aliphatic heterocycles. The van der Waals surface area contributed by atoms with Crippen molar-refractivity contribution in [3.63, 3.8) is 0 Å². The predicted molar refractivity (Wildman–Crippen MR) is 115 cm³/mol. The largest absolute Gasteiger partial charge is 0.374 e. The Balaban J connectivity index is 1.69. The highest BCUT2D eigenvalue weighted by atomic mass is 35.5. The Kier molecular flexibility index (Phi) is 4.81. The number of aromatic nitrogens is 2. The summed E-state index contributed by atoms with van der Waals surface area (Å²) in [4.78, 5) is 30.2. The molecule has 1 saturated heterocycles. The van der Waals surface area contributed by atoms with Crippen molar-refractivity contribution in [1.29, 1.82) is 5.26 Å². The van der Waals surface area contributed by atoms with Gasteiger partial charge in [-0.1, -0.05) is 11.6 Å². The van der Waals surface area contributed by atoms with Crippen LogP contribution in [0.15, 0.2) is 39.9 Å². The van der Waals surface area contributed by atoms with Gasteiger partial charge < -0.3 is 19.8 Å². The number of nitriles is 1. The quantitative estimate of drug-likeness (QED) is 0.690. The van der Waals surface area contributed by atoms with Crippen molar-refractivity contribution < 1.29 is 0 Å². The van der Waals surface area contributed by atoms with Crippen LogP contribution in [0.25, 0.3) is 10.9 Å². The number of nitrogens with zero attached hydrogens (tertiary/aromatic N) is 3. The SMILES string of the molecule is CC(Nc1ccc(C#N)n(C)c1=O)c1cc2cc(Cl)c(N3CCC3)cc2[nH]c1=O. The van der Waals surface area contributed by atoms with Crippen LogP contribution in [-0.2, 0) is 7.05 Å². The van der Waals surface area contributed by atoms with Crippen molar-refractivity contribution in [3.8, 4) is 6.07 Å². The fourth-order valence-corrected chi connectivity index (χ4v) is 3.81. The zero-order valence-corrected chi connectivity index (χ0v) is 16.9. The molecule has 1 aliphatic rings. The summed E-state index contributed by atoms with van der Waals surface area (Å²) in [6.07, 6.45) is 1.14. The van der Waals surface area contributed by atoms with Crippen LogP contribution in [0.4, 0.5) is 11.4 Å². The highest BCUT2D eigenvalue weighted by Crippen LogP contribution is 2.33. The second-order valence-electron chi connectivity index (χ2n) is 7.26. The molecule has 1 aromatic carbocycles. The molecule has 148 valence electrons. The van der Waals surface area contributed by atoms with Gasteiger partial charge in [0.15, 0.2) is 0 Å². The first kappa shape index (κ1) is 19.1. The second kappa shape index (κ2) is 7.30. The summed E-state index contributed by atoms with van der Waals surface area (Å²) in [6.45, 7) is 3.74. The average Bonchev–Trinajstić information content (AvgIpc) is 2.65. The Morgan fingerprint density at radius 1 is 1.24 bits per heavy atom. The summed E-state index contributed by atoms with van der Waals surface area (Å²) in [5.74, 6) is 0. The average molecular weight is 410 g/mol. The first-order valence-electron chi connectivity index (χ1n) is 9.37. The van der Waals surface area contributed by atoms with Crippen LogP contribution in [0.2, 0.25) is 5.02 Å². The Labute approximate surface area is 172 Å². The topological polar surface area (TPSA) is 93.9 Å². The number of hydrogen-bond acceptors (Lipinski definition) is 5. The van der Waals surface area contributed by atoms with Gasteiger partial charge >= 0.3 is 0 Å². The number of H-pyrrole nitrogens is 1. The van der Waals surface area contributed by atoms with E-state index in [4.69, 9.17) is 16.9 Å². The minimum Gasteiger partial charge on any atom is -0.374 e. The van der Waals surface area contributed by atoms with Gasteiger partial charge in [0.25, 0.3) is 11.1 Å². The Hall–Kier alpha value is -3.24. The molecular weight excluding hydrogens is 390 g/mol. The minimum absolute atomic E-state index is 0.222. The van der Waals surface area contributed by atoms with E-state index in [1.807, 2.05) is 25.1 Å². The van der Waals surface area contributed by atoms with E-state index in [0.717, 1.165) is 36.1 Å². The number of nitrogens with one attached hydrogen (secondary N) is 2. The zero-order valence-electron chi connectivity index (χ0n) is 16.1. The summed E-state index contributed by atoms with van der Waals surface area (Å²) < 4.78 is 1.27. The van der Waals surface area contributed by atoms with Gasteiger partial charge in [-0.25, -0.2) is 0 Å². The van der Waals surface area contributed by atoms with Gasteiger partial charge in [-0.05, 0) is 43.7 Å². The van der Waals surface area contributed by atoms with E-state index >= 15 is 0 Å². The van der Waals surface area contributed by atoms with Gasteiger partial charge in [-0.2, -0.15) is 5.26 Å². The number of rotatable bonds is 4. The van der Waals surface area contributed by atoms with Crippen molar-refractivity contribution in [2.45, 2.75) is 19.4 Å². The lowest BCUT2D eigenvalue weighted by Gasteiger charge is -2.34. The Bertz CT molecular complexity index is 1270. The van der Waals surface area contributed by atoms with Gasteiger partial charge in [-0.3, -0.25) is 9.59 Å². The van der Waals surface area contributed by atoms with E-state index < -0.39 is 6.04 Å². The van der Waals surface area contributed by atoms with Crippen molar-refractivity contribution >= 4 is 33.9 Å². The summed E-state index contributed by atoms with van der Waals surface area (Å²) in [6, 6.07) is 10.2. The molecular formula is C21H20ClN5O2. The molecule has 3 heterocycles. The maximum absolute atomic E-state index is 12.7. The molecule has 0 radical (unpaired) electrons. The number of fused-ring (bicyclic) bond motifs is 1. The van der Waals surface area contributed by atoms with Crippen LogP contribution in [0.3, 0.4) is 0 Å². The molecule has 2 N–H and O–H groups in total. The number of benzene rings is 1. The highest BCUT2D eigenvalue weighted by molar-refractivity contribution is 6.34. The second-order valence-corrected chi connectivity index (χ2v) is 7.67. The van der Waals surface area contributed by atoms with E-state index in [2.05, 4.69) is 15.2 Å². The molecule has 0 saturated carbocycles. The third kappa shape index (κ3) is 3.36. The van der Waals surface area contributed by atoms with E-state index in [1.54, 1.807) is 18.2 Å². The molecule has 2 aromatic heterocycles. The maximum Gasteiger partial charge on any atom is 0.274 e. The fourth-order valence-electron chi connectivity index (χ4n) is 3.52. The third-order valence-electron chi connectivity index (χ3n) is 5.39. The van der Waals surface area contributed by atoms with Gasteiger partial charge in [0.2, 0.25) is 0 Å². The van der Waals surface area contributed by atoms with Crippen molar-refractivity contribution in [1.82, 2.24) is 9.55 Å². The number of pyridine rings is 2. The van der Waals surface area contributed by atoms with Gasteiger partial charge in [0, 0.05) is 31.1 Å². The number of halogens is 1. The lowest BCUT2D eigenvalue weighted by Crippen LogP contribution is -2.37. The van der Waals surface area contributed by atoms with E-state index in [-0.39, 0.29) is 16.8 Å². The summed E-state index contributed by atoms with van der Waals surface area (Å²) in [5.41, 5.74) is 2.20. The van der Waals surface area contributed by atoms with Crippen LogP contribution in [0.1, 0.15) is 30.6 Å². The standard InChI is InChI=1S/C21H20ClN5O2/c1-12(24-17-5-4-14(11-23)26(2)21(17)29)15-8-13-9-16(22)19(27-6-3-7-27)10-18(13)25-20(15)28/h4-5,8-10,12,24H,3,6-7H2,1-2H3,(H,25,28). The van der Waals surface area contributed by atoms with Crippen LogP contribution in [0.5, 0.6) is 0 Å². The lowest BCUT2D eigenvalue weighted by molar-refractivity contribution is 0.618. The maximum atomic E-state index is 12.7. The Morgan fingerprint density at radius 3 is 2.66 bits per heavy atom. The number of hydrogen-bond donors (Lipinski definition) is 2. The molecule has 4 rings (SSSR count). The highest BCUT2D eigenvalue weighted by Gasteiger charge is 2.19. The normalized spacial score (nSPS) is 14.3. The molecule has 8 heteroatoms. The molecule has 1 fully saturated rings. The van der Waals surface area contributed by atoms with Gasteiger partial charge in [0.05, 0.1) is 22.3 Å². The fraction of sp³-hybridized carbons (Fsp3) is 0.286. The van der Waals surface area contributed by atoms with Crippen LogP contribution < -0.4 is 21.3 Å². The Morgan fingerprint density at radius 2 is 2.00 bits per heavy atom. The molecule has 1 atom stereocenters. The molecule has 7 nitrogen and oxygen atoms in total.